The summed E-state index contributed by atoms with van der Waals surface area (Å²) in [6, 6.07) is 23.3. The monoisotopic (exact) mass is 819 g/mol. The Morgan fingerprint density at radius 3 is 2.05 bits per heavy atom. The normalized spacial score (nSPS) is 15.8. The molecule has 0 radical (unpaired) electrons. The van der Waals surface area contributed by atoms with Gasteiger partial charge in [-0.1, -0.05) is 108 Å². The third-order valence-corrected chi connectivity index (χ3v) is 10.8. The minimum atomic E-state index is -1.34. The van der Waals surface area contributed by atoms with Crippen LogP contribution < -0.4 is 16.0 Å². The molecule has 4 aromatic rings. The van der Waals surface area contributed by atoms with Crippen LogP contribution in [0.5, 0.6) is 0 Å². The Morgan fingerprint density at radius 2 is 1.45 bits per heavy atom. The van der Waals surface area contributed by atoms with Gasteiger partial charge in [0.2, 0.25) is 11.8 Å². The minimum Gasteiger partial charge on any atom is -0.465 e. The Labute approximate surface area is 354 Å². The van der Waals surface area contributed by atoms with Gasteiger partial charge in [0.05, 0.1) is 30.1 Å². The molecule has 60 heavy (non-hydrogen) atoms. The van der Waals surface area contributed by atoms with Crippen molar-refractivity contribution in [3.05, 3.63) is 119 Å². The average molecular weight is 820 g/mol. The average Bonchev–Trinajstić information content (AvgIpc) is 3.51. The van der Waals surface area contributed by atoms with Crippen molar-refractivity contribution in [1.82, 2.24) is 35.7 Å². The van der Waals surface area contributed by atoms with Crippen molar-refractivity contribution in [3.8, 4) is 11.3 Å². The zero-order valence-electron chi connectivity index (χ0n) is 36.1. The fourth-order valence-corrected chi connectivity index (χ4v) is 7.75. The highest BCUT2D eigenvalue weighted by molar-refractivity contribution is 5.89. The number of aliphatic hydroxyl groups excluding tert-OH is 1. The van der Waals surface area contributed by atoms with E-state index in [2.05, 4.69) is 25.9 Å². The first-order valence-corrected chi connectivity index (χ1v) is 20.6. The molecule has 13 heteroatoms. The van der Waals surface area contributed by atoms with Gasteiger partial charge in [-0.05, 0) is 78.8 Å². The van der Waals surface area contributed by atoms with E-state index in [1.807, 2.05) is 120 Å². The highest BCUT2D eigenvalue weighted by Gasteiger charge is 2.44. The van der Waals surface area contributed by atoms with Gasteiger partial charge in [-0.3, -0.25) is 19.6 Å². The number of carbonyl (C=O) groups excluding carboxylic acids is 3. The molecule has 1 aliphatic heterocycles. The van der Waals surface area contributed by atoms with E-state index in [4.69, 9.17) is 0 Å². The topological polar surface area (TPSA) is 177 Å². The summed E-state index contributed by atoms with van der Waals surface area (Å²) in [4.78, 5) is 66.6. The standard InChI is InChI=1S/C47H61N7O6/c1-30-17-22-37(48-28-30)34-20-18-33(19-21-34)26-38(51-42(56)40(46(3,4)5)52-44(58)59)39(55)27-36(25-32-14-10-9-11-15-32)50-43(57)41(47(6,7)8)54-24-23-53(45(54)60)29-35-16-12-13-31(2)49-35/h9-22,28,36,38-41,52,55H,23-27,29H2,1-8H3,(H,50,57)(H,51,56)(H,58,59)/t36-,38-,39+,40+,41+/m0/s1. The molecule has 1 saturated heterocycles. The van der Waals surface area contributed by atoms with Crippen LogP contribution in [0.1, 0.15) is 76.0 Å². The number of hydrogen-bond acceptors (Lipinski definition) is 7. The number of aryl methyl sites for hydroxylation is 2. The first kappa shape index (κ1) is 45.3. The fraction of sp³-hybridized carbons (Fsp3) is 0.447. The van der Waals surface area contributed by atoms with Crippen LogP contribution in [-0.4, -0.2) is 97.3 Å². The van der Waals surface area contributed by atoms with Gasteiger partial charge < -0.3 is 36.0 Å². The lowest BCUT2D eigenvalue weighted by atomic mass is 9.84. The highest BCUT2D eigenvalue weighted by atomic mass is 16.4. The van der Waals surface area contributed by atoms with Crippen molar-refractivity contribution in [2.75, 3.05) is 13.1 Å². The molecule has 0 unspecified atom stereocenters. The number of benzene rings is 2. The van der Waals surface area contributed by atoms with Gasteiger partial charge in [-0.25, -0.2) is 9.59 Å². The van der Waals surface area contributed by atoms with Crippen LogP contribution in [0.25, 0.3) is 11.3 Å². The van der Waals surface area contributed by atoms with Gasteiger partial charge in [-0.15, -0.1) is 0 Å². The predicted molar refractivity (Wildman–Crippen MR) is 232 cm³/mol. The van der Waals surface area contributed by atoms with E-state index in [0.29, 0.717) is 26.1 Å². The molecule has 320 valence electrons. The van der Waals surface area contributed by atoms with Crippen LogP contribution in [0.3, 0.4) is 0 Å². The minimum absolute atomic E-state index is 0.0411. The number of aromatic nitrogens is 2. The molecule has 2 aromatic heterocycles. The Bertz CT molecular complexity index is 2080. The summed E-state index contributed by atoms with van der Waals surface area (Å²) in [6.07, 6.45) is -0.108. The molecule has 0 aliphatic carbocycles. The van der Waals surface area contributed by atoms with E-state index >= 15 is 0 Å². The zero-order chi connectivity index (χ0) is 43.8. The lowest BCUT2D eigenvalue weighted by molar-refractivity contribution is -0.130. The second-order valence-electron chi connectivity index (χ2n) is 18.1. The molecule has 5 amide bonds. The molecule has 0 saturated carbocycles. The quantitative estimate of drug-likeness (QED) is 0.0875. The zero-order valence-corrected chi connectivity index (χ0v) is 36.1. The summed E-state index contributed by atoms with van der Waals surface area (Å²) in [7, 11) is 0. The fourth-order valence-electron chi connectivity index (χ4n) is 7.75. The number of amides is 5. The summed E-state index contributed by atoms with van der Waals surface area (Å²) < 4.78 is 0. The lowest BCUT2D eigenvalue weighted by Crippen LogP contribution is -2.59. The number of hydrogen-bond donors (Lipinski definition) is 5. The van der Waals surface area contributed by atoms with E-state index in [1.165, 1.54) is 0 Å². The van der Waals surface area contributed by atoms with Gasteiger partial charge in [-0.2, -0.15) is 0 Å². The summed E-state index contributed by atoms with van der Waals surface area (Å²) in [5.41, 5.74) is 4.71. The van der Waals surface area contributed by atoms with Gasteiger partial charge in [0.25, 0.3) is 0 Å². The van der Waals surface area contributed by atoms with Gasteiger partial charge in [0, 0.05) is 36.6 Å². The van der Waals surface area contributed by atoms with Crippen LogP contribution in [0.4, 0.5) is 9.59 Å². The summed E-state index contributed by atoms with van der Waals surface area (Å²) >= 11 is 0. The SMILES string of the molecule is Cc1ccc(-c2ccc(C[C@H](NC(=O)[C@@H](NC(=O)O)C(C)(C)C)[C@H](O)C[C@H](Cc3ccccc3)NC(=O)[C@@H](N3CCN(Cc4cccc(C)n4)C3=O)C(C)(C)C)cc2)nc1. The van der Waals surface area contributed by atoms with Crippen LogP contribution in [0.2, 0.25) is 0 Å². The maximum atomic E-state index is 14.6. The molecule has 5 rings (SSSR count). The first-order chi connectivity index (χ1) is 28.3. The first-order valence-electron chi connectivity index (χ1n) is 20.6. The molecule has 5 atom stereocenters. The van der Waals surface area contributed by atoms with Crippen LogP contribution in [-0.2, 0) is 29.0 Å². The molecule has 3 heterocycles. The molecular formula is C47H61N7O6. The number of pyridine rings is 2. The predicted octanol–water partition coefficient (Wildman–Crippen LogP) is 6.30. The largest absolute Gasteiger partial charge is 0.465 e. The second kappa shape index (κ2) is 19.5. The van der Waals surface area contributed by atoms with Crippen molar-refractivity contribution in [3.63, 3.8) is 0 Å². The Hall–Kier alpha value is -5.82. The van der Waals surface area contributed by atoms with E-state index in [-0.39, 0.29) is 24.8 Å². The van der Waals surface area contributed by atoms with E-state index in [9.17, 15) is 29.4 Å². The molecule has 1 aliphatic rings. The number of nitrogens with zero attached hydrogens (tertiary/aromatic N) is 4. The molecule has 2 aromatic carbocycles. The maximum Gasteiger partial charge on any atom is 0.405 e. The second-order valence-corrected chi connectivity index (χ2v) is 18.1. The molecule has 0 spiro atoms. The Balaban J connectivity index is 1.41. The van der Waals surface area contributed by atoms with Crippen LogP contribution in [0.15, 0.2) is 91.1 Å². The number of urea groups is 1. The number of nitrogens with one attached hydrogen (secondary N) is 3. The smallest absolute Gasteiger partial charge is 0.405 e. The highest BCUT2D eigenvalue weighted by Crippen LogP contribution is 2.29. The summed E-state index contributed by atoms with van der Waals surface area (Å²) in [5, 5.41) is 30.3. The number of carbonyl (C=O) groups is 4. The summed E-state index contributed by atoms with van der Waals surface area (Å²) in [5.74, 6) is -0.928. The molecule has 1 fully saturated rings. The molecule has 5 N–H and O–H groups in total. The summed E-state index contributed by atoms with van der Waals surface area (Å²) in [6.45, 7) is 16.1. The van der Waals surface area contributed by atoms with Crippen LogP contribution in [0, 0.1) is 24.7 Å². The molecule has 0 bridgehead atoms. The third kappa shape index (κ3) is 12.4. The lowest BCUT2D eigenvalue weighted by Gasteiger charge is -2.38. The van der Waals surface area contributed by atoms with E-state index in [1.54, 1.807) is 36.8 Å². The van der Waals surface area contributed by atoms with Gasteiger partial charge in [0.15, 0.2) is 0 Å². The van der Waals surface area contributed by atoms with E-state index < -0.39 is 53.1 Å². The van der Waals surface area contributed by atoms with Crippen molar-refractivity contribution >= 4 is 23.9 Å². The van der Waals surface area contributed by atoms with E-state index in [0.717, 1.165) is 39.3 Å². The van der Waals surface area contributed by atoms with Crippen molar-refractivity contribution in [2.24, 2.45) is 10.8 Å². The van der Waals surface area contributed by atoms with Gasteiger partial charge in [0.1, 0.15) is 12.1 Å². The molecule has 13 nitrogen and oxygen atoms in total. The number of aliphatic hydroxyl groups is 1. The van der Waals surface area contributed by atoms with Crippen molar-refractivity contribution in [1.29, 1.82) is 0 Å². The van der Waals surface area contributed by atoms with Crippen molar-refractivity contribution < 1.29 is 29.4 Å². The number of rotatable bonds is 16. The van der Waals surface area contributed by atoms with Gasteiger partial charge >= 0.3 is 12.1 Å². The van der Waals surface area contributed by atoms with Crippen molar-refractivity contribution in [2.45, 2.75) is 111 Å². The Kier molecular flexibility index (Phi) is 14.7. The maximum absolute atomic E-state index is 14.6. The molecular weight excluding hydrogens is 759 g/mol. The Morgan fingerprint density at radius 1 is 0.767 bits per heavy atom. The third-order valence-electron chi connectivity index (χ3n) is 10.8. The number of carboxylic acid groups (broad SMARTS) is 1. The van der Waals surface area contributed by atoms with Crippen LogP contribution >= 0.6 is 0 Å².